The van der Waals surface area contributed by atoms with Crippen molar-refractivity contribution < 1.29 is 19.1 Å². The van der Waals surface area contributed by atoms with Gasteiger partial charge in [0.15, 0.2) is 0 Å². The van der Waals surface area contributed by atoms with Crippen molar-refractivity contribution in [2.24, 2.45) is 0 Å². The Morgan fingerprint density at radius 2 is 1.95 bits per heavy atom. The lowest BCUT2D eigenvalue weighted by Crippen LogP contribution is -2.41. The number of aromatic nitrogens is 1. The molecule has 1 aromatic rings. The van der Waals surface area contributed by atoms with Crippen molar-refractivity contribution in [3.8, 4) is 0 Å². The van der Waals surface area contributed by atoms with E-state index in [1.54, 1.807) is 19.1 Å². The molecule has 0 radical (unpaired) electrons. The quantitative estimate of drug-likeness (QED) is 0.755. The summed E-state index contributed by atoms with van der Waals surface area (Å²) in [5.41, 5.74) is 0.399. The Kier molecular flexibility index (Phi) is 6.36. The van der Waals surface area contributed by atoms with Crippen LogP contribution in [0.4, 0.5) is 0 Å². The van der Waals surface area contributed by atoms with Gasteiger partial charge in [-0.2, -0.15) is 0 Å². The molecule has 0 aliphatic rings. The van der Waals surface area contributed by atoms with E-state index in [2.05, 4.69) is 15.0 Å². The highest BCUT2D eigenvalue weighted by atomic mass is 16.5. The van der Waals surface area contributed by atoms with Crippen LogP contribution in [0.1, 0.15) is 36.5 Å². The van der Waals surface area contributed by atoms with Crippen LogP contribution in [0.25, 0.3) is 0 Å². The lowest BCUT2D eigenvalue weighted by atomic mass is 10.1. The number of hydrogen-bond acceptors (Lipinski definition) is 5. The van der Waals surface area contributed by atoms with Crippen LogP contribution in [-0.4, -0.2) is 35.8 Å². The Balaban J connectivity index is 2.67. The number of Topliss-reactive ketones (excluding diaryl/α,β-unsaturated/α-hetero) is 1. The summed E-state index contributed by atoms with van der Waals surface area (Å²) in [6, 6.07) is 2.26. The first-order valence-corrected chi connectivity index (χ1v) is 6.38. The van der Waals surface area contributed by atoms with Gasteiger partial charge in [0, 0.05) is 30.8 Å². The van der Waals surface area contributed by atoms with E-state index >= 15 is 0 Å². The number of rotatable bonds is 7. The van der Waals surface area contributed by atoms with E-state index in [0.29, 0.717) is 12.0 Å². The molecule has 1 N–H and O–H groups in total. The monoisotopic (exact) mass is 278 g/mol. The van der Waals surface area contributed by atoms with Crippen LogP contribution in [0.15, 0.2) is 24.5 Å². The molecule has 1 rings (SSSR count). The van der Waals surface area contributed by atoms with E-state index in [1.165, 1.54) is 19.5 Å². The molecule has 1 amide bonds. The summed E-state index contributed by atoms with van der Waals surface area (Å²) in [4.78, 5) is 38.7. The molecule has 0 aliphatic heterocycles. The number of esters is 1. The Labute approximate surface area is 117 Å². The molecule has 1 atom stereocenters. The van der Waals surface area contributed by atoms with Crippen LogP contribution in [0.2, 0.25) is 0 Å². The number of carbonyl (C=O) groups is 3. The van der Waals surface area contributed by atoms with E-state index in [1.807, 2.05) is 0 Å². The lowest BCUT2D eigenvalue weighted by molar-refractivity contribution is -0.143. The van der Waals surface area contributed by atoms with Crippen LogP contribution in [0.3, 0.4) is 0 Å². The van der Waals surface area contributed by atoms with Gasteiger partial charge in [-0.25, -0.2) is 4.79 Å². The van der Waals surface area contributed by atoms with Crippen molar-refractivity contribution in [2.75, 3.05) is 7.11 Å². The van der Waals surface area contributed by atoms with Gasteiger partial charge in [0.05, 0.1) is 7.11 Å². The molecule has 108 valence electrons. The van der Waals surface area contributed by atoms with Crippen molar-refractivity contribution in [1.29, 1.82) is 0 Å². The summed E-state index contributed by atoms with van der Waals surface area (Å²) in [7, 11) is 1.25. The van der Waals surface area contributed by atoms with Gasteiger partial charge in [-0.1, -0.05) is 6.92 Å². The molecule has 0 saturated carbocycles. The van der Waals surface area contributed by atoms with Gasteiger partial charge < -0.3 is 10.1 Å². The smallest absolute Gasteiger partial charge is 0.328 e. The summed E-state index contributed by atoms with van der Waals surface area (Å²) in [5, 5.41) is 2.57. The number of amides is 1. The topological polar surface area (TPSA) is 85.4 Å². The predicted octanol–water partition coefficient (Wildman–Crippen LogP) is 1.11. The normalized spacial score (nSPS) is 11.5. The molecule has 0 bridgehead atoms. The molecule has 0 spiro atoms. The summed E-state index contributed by atoms with van der Waals surface area (Å²) in [6.45, 7) is 1.75. The van der Waals surface area contributed by atoms with Gasteiger partial charge in [0.1, 0.15) is 11.8 Å². The van der Waals surface area contributed by atoms with Gasteiger partial charge >= 0.3 is 5.97 Å². The van der Waals surface area contributed by atoms with E-state index in [0.717, 1.165) is 0 Å². The number of nitrogens with one attached hydrogen (secondary N) is 1. The van der Waals surface area contributed by atoms with E-state index in [-0.39, 0.29) is 18.6 Å². The molecule has 6 heteroatoms. The molecule has 0 saturated heterocycles. The minimum atomic E-state index is -0.823. The number of methoxy groups -OCH3 is 1. The van der Waals surface area contributed by atoms with Crippen molar-refractivity contribution in [1.82, 2.24) is 10.3 Å². The van der Waals surface area contributed by atoms with Crippen molar-refractivity contribution in [3.05, 3.63) is 30.1 Å². The second-order valence-electron chi connectivity index (χ2n) is 4.22. The highest BCUT2D eigenvalue weighted by Gasteiger charge is 2.22. The second-order valence-corrected chi connectivity index (χ2v) is 4.22. The lowest BCUT2D eigenvalue weighted by Gasteiger charge is -2.16. The largest absolute Gasteiger partial charge is 0.467 e. The SMILES string of the molecule is CCC(=O)CC[C@H](NC(=O)c1ccncc1)C(=O)OC. The maximum absolute atomic E-state index is 12.0. The molecule has 0 aromatic carbocycles. The maximum Gasteiger partial charge on any atom is 0.328 e. The van der Waals surface area contributed by atoms with E-state index < -0.39 is 17.9 Å². The molecule has 0 aliphatic carbocycles. The first kappa shape index (κ1) is 15.8. The summed E-state index contributed by atoms with van der Waals surface area (Å²) < 4.78 is 4.64. The fourth-order valence-electron chi connectivity index (χ4n) is 1.62. The van der Waals surface area contributed by atoms with Crippen LogP contribution < -0.4 is 5.32 Å². The van der Waals surface area contributed by atoms with Crippen molar-refractivity contribution in [2.45, 2.75) is 32.2 Å². The molecule has 6 nitrogen and oxygen atoms in total. The Morgan fingerprint density at radius 1 is 1.30 bits per heavy atom. The number of carbonyl (C=O) groups excluding carboxylic acids is 3. The highest BCUT2D eigenvalue weighted by Crippen LogP contribution is 2.05. The van der Waals surface area contributed by atoms with Crippen LogP contribution >= 0.6 is 0 Å². The Hall–Kier alpha value is -2.24. The number of ketones is 1. The average molecular weight is 278 g/mol. The zero-order valence-electron chi connectivity index (χ0n) is 11.6. The molecule has 20 heavy (non-hydrogen) atoms. The fourth-order valence-corrected chi connectivity index (χ4v) is 1.62. The van der Waals surface area contributed by atoms with Crippen molar-refractivity contribution in [3.63, 3.8) is 0 Å². The van der Waals surface area contributed by atoms with Crippen LogP contribution in [-0.2, 0) is 14.3 Å². The Bertz CT molecular complexity index is 473. The minimum absolute atomic E-state index is 0.0389. The van der Waals surface area contributed by atoms with E-state index in [4.69, 9.17) is 0 Å². The summed E-state index contributed by atoms with van der Waals surface area (Å²) in [6.07, 6.45) is 3.85. The first-order chi connectivity index (χ1) is 9.58. The number of pyridine rings is 1. The maximum atomic E-state index is 12.0. The van der Waals surface area contributed by atoms with Gasteiger partial charge in [-0.15, -0.1) is 0 Å². The average Bonchev–Trinajstić information content (AvgIpc) is 2.50. The zero-order chi connectivity index (χ0) is 15.0. The number of hydrogen-bond donors (Lipinski definition) is 1. The third-order valence-corrected chi connectivity index (χ3v) is 2.84. The molecule has 0 unspecified atom stereocenters. The molecule has 1 heterocycles. The molecular weight excluding hydrogens is 260 g/mol. The molecular formula is C14H18N2O4. The number of nitrogens with zero attached hydrogens (tertiary/aromatic N) is 1. The van der Waals surface area contributed by atoms with Crippen LogP contribution in [0, 0.1) is 0 Å². The standard InChI is InChI=1S/C14H18N2O4/c1-3-11(17)4-5-12(14(19)20-2)16-13(18)10-6-8-15-9-7-10/h6-9,12H,3-5H2,1-2H3,(H,16,18)/t12-/m0/s1. The van der Waals surface area contributed by atoms with Gasteiger partial charge in [-0.05, 0) is 18.6 Å². The predicted molar refractivity (Wildman–Crippen MR) is 72.0 cm³/mol. The van der Waals surface area contributed by atoms with Crippen LogP contribution in [0.5, 0.6) is 0 Å². The highest BCUT2D eigenvalue weighted by molar-refractivity contribution is 5.96. The van der Waals surface area contributed by atoms with Gasteiger partial charge in [0.25, 0.3) is 5.91 Å². The van der Waals surface area contributed by atoms with E-state index in [9.17, 15) is 14.4 Å². The molecule has 1 aromatic heterocycles. The second kappa shape index (κ2) is 8.04. The summed E-state index contributed by atoms with van der Waals surface area (Å²) >= 11 is 0. The van der Waals surface area contributed by atoms with Crippen molar-refractivity contribution >= 4 is 17.7 Å². The fraction of sp³-hybridized carbons (Fsp3) is 0.429. The van der Waals surface area contributed by atoms with Gasteiger partial charge in [0.2, 0.25) is 0 Å². The first-order valence-electron chi connectivity index (χ1n) is 6.38. The third-order valence-electron chi connectivity index (χ3n) is 2.84. The summed E-state index contributed by atoms with van der Waals surface area (Å²) in [5.74, 6) is -0.917. The third kappa shape index (κ3) is 4.79. The minimum Gasteiger partial charge on any atom is -0.467 e. The zero-order valence-corrected chi connectivity index (χ0v) is 11.6. The molecule has 0 fully saturated rings. The van der Waals surface area contributed by atoms with Gasteiger partial charge in [-0.3, -0.25) is 14.6 Å². The number of ether oxygens (including phenoxy) is 1. The Morgan fingerprint density at radius 3 is 2.50 bits per heavy atom.